The van der Waals surface area contributed by atoms with Crippen LogP contribution in [0.25, 0.3) is 0 Å². The molecule has 2 heterocycles. The van der Waals surface area contributed by atoms with E-state index in [0.29, 0.717) is 11.5 Å². The third-order valence-corrected chi connectivity index (χ3v) is 2.06. The molecule has 0 aliphatic heterocycles. The third kappa shape index (κ3) is 2.02. The Kier molecular flexibility index (Phi) is 2.47. The summed E-state index contributed by atoms with van der Waals surface area (Å²) < 4.78 is 1.63. The van der Waals surface area contributed by atoms with Crippen molar-refractivity contribution in [2.45, 2.75) is 13.0 Å². The van der Waals surface area contributed by atoms with Crippen molar-refractivity contribution in [3.8, 4) is 0 Å². The van der Waals surface area contributed by atoms with Crippen LogP contribution in [0.15, 0.2) is 24.7 Å². The molecule has 0 radical (unpaired) electrons. The van der Waals surface area contributed by atoms with Gasteiger partial charge in [-0.2, -0.15) is 5.10 Å². The first-order valence-corrected chi connectivity index (χ1v) is 4.63. The van der Waals surface area contributed by atoms with E-state index in [1.54, 1.807) is 36.4 Å². The lowest BCUT2D eigenvalue weighted by Gasteiger charge is -2.05. The molecular formula is C10H12N4O. The maximum absolute atomic E-state index is 9.90. The van der Waals surface area contributed by atoms with Gasteiger partial charge in [-0.15, -0.1) is 0 Å². The van der Waals surface area contributed by atoms with Crippen molar-refractivity contribution in [3.63, 3.8) is 0 Å². The fourth-order valence-electron chi connectivity index (χ4n) is 1.25. The number of aryl methyl sites for hydroxylation is 2. The number of rotatable bonds is 2. The lowest BCUT2D eigenvalue weighted by molar-refractivity contribution is 0.204. The number of aliphatic hydroxyl groups excluding tert-OH is 1. The van der Waals surface area contributed by atoms with Crippen molar-refractivity contribution >= 4 is 0 Å². The number of nitrogens with zero attached hydrogens (tertiary/aromatic N) is 4. The monoisotopic (exact) mass is 204 g/mol. The Morgan fingerprint density at radius 3 is 2.53 bits per heavy atom. The molecule has 1 atom stereocenters. The average molecular weight is 204 g/mol. The summed E-state index contributed by atoms with van der Waals surface area (Å²) in [5.41, 5.74) is 1.52. The van der Waals surface area contributed by atoms with Crippen LogP contribution in [-0.2, 0) is 7.05 Å². The number of hydrogen-bond acceptors (Lipinski definition) is 4. The fraction of sp³-hybridized carbons (Fsp3) is 0.300. The van der Waals surface area contributed by atoms with Crippen LogP contribution in [0.4, 0.5) is 0 Å². The number of aliphatic hydroxyl groups is 1. The topological polar surface area (TPSA) is 63.8 Å². The minimum absolute atomic E-state index is 0.374. The van der Waals surface area contributed by atoms with Crippen molar-refractivity contribution in [1.29, 1.82) is 0 Å². The predicted octanol–water partition coefficient (Wildman–Crippen LogP) is 0.600. The Balaban J connectivity index is 2.28. The van der Waals surface area contributed by atoms with E-state index in [0.717, 1.165) is 5.56 Å². The van der Waals surface area contributed by atoms with E-state index >= 15 is 0 Å². The Bertz CT molecular complexity index is 449. The van der Waals surface area contributed by atoms with Gasteiger partial charge in [-0.1, -0.05) is 0 Å². The highest BCUT2D eigenvalue weighted by Crippen LogP contribution is 2.15. The molecule has 0 bridgehead atoms. The molecule has 0 saturated heterocycles. The van der Waals surface area contributed by atoms with Gasteiger partial charge in [-0.3, -0.25) is 4.68 Å². The molecule has 2 aromatic heterocycles. The van der Waals surface area contributed by atoms with E-state index in [2.05, 4.69) is 15.1 Å². The van der Waals surface area contributed by atoms with Crippen molar-refractivity contribution < 1.29 is 5.11 Å². The molecule has 0 saturated carbocycles. The molecular weight excluding hydrogens is 192 g/mol. The van der Waals surface area contributed by atoms with Crippen molar-refractivity contribution in [2.75, 3.05) is 0 Å². The van der Waals surface area contributed by atoms with Gasteiger partial charge in [-0.25, -0.2) is 9.97 Å². The van der Waals surface area contributed by atoms with Crippen LogP contribution in [0.1, 0.15) is 23.2 Å². The highest BCUT2D eigenvalue weighted by atomic mass is 16.3. The number of hydrogen-bond donors (Lipinski definition) is 1. The largest absolute Gasteiger partial charge is 0.379 e. The Hall–Kier alpha value is -1.75. The quantitative estimate of drug-likeness (QED) is 0.778. The normalized spacial score (nSPS) is 12.7. The summed E-state index contributed by atoms with van der Waals surface area (Å²) in [5.74, 6) is 0.374. The van der Waals surface area contributed by atoms with Crippen molar-refractivity contribution in [1.82, 2.24) is 19.7 Å². The zero-order valence-electron chi connectivity index (χ0n) is 8.62. The van der Waals surface area contributed by atoms with E-state index in [4.69, 9.17) is 0 Å². The summed E-state index contributed by atoms with van der Waals surface area (Å²) in [6, 6.07) is 1.74. The van der Waals surface area contributed by atoms with Gasteiger partial charge in [0.15, 0.2) is 11.9 Å². The zero-order chi connectivity index (χ0) is 10.8. The van der Waals surface area contributed by atoms with Crippen LogP contribution in [-0.4, -0.2) is 24.9 Å². The van der Waals surface area contributed by atoms with E-state index in [1.807, 2.05) is 6.92 Å². The molecule has 0 amide bonds. The van der Waals surface area contributed by atoms with E-state index in [1.165, 1.54) is 0 Å². The lowest BCUT2D eigenvalue weighted by atomic mass is 10.2. The van der Waals surface area contributed by atoms with Gasteiger partial charge in [0, 0.05) is 25.6 Å². The molecule has 2 aromatic rings. The van der Waals surface area contributed by atoms with E-state index in [9.17, 15) is 5.11 Å². The second kappa shape index (κ2) is 3.78. The molecule has 5 heteroatoms. The predicted molar refractivity (Wildman–Crippen MR) is 54.0 cm³/mol. The lowest BCUT2D eigenvalue weighted by Crippen LogP contribution is -2.06. The SMILES string of the molecule is Cc1cnc(C(O)c2ccn(C)n2)nc1. The van der Waals surface area contributed by atoms with Gasteiger partial charge >= 0.3 is 0 Å². The molecule has 78 valence electrons. The van der Waals surface area contributed by atoms with Crippen LogP contribution in [0.5, 0.6) is 0 Å². The summed E-state index contributed by atoms with van der Waals surface area (Å²) in [6.07, 6.45) is 4.27. The van der Waals surface area contributed by atoms with Crippen LogP contribution >= 0.6 is 0 Å². The Labute approximate surface area is 87.4 Å². The standard InChI is InChI=1S/C10H12N4O/c1-7-5-11-10(12-6-7)9(15)8-3-4-14(2)13-8/h3-6,9,15H,1-2H3. The van der Waals surface area contributed by atoms with E-state index in [-0.39, 0.29) is 0 Å². The maximum Gasteiger partial charge on any atom is 0.163 e. The van der Waals surface area contributed by atoms with Crippen LogP contribution in [0, 0.1) is 6.92 Å². The second-order valence-electron chi connectivity index (χ2n) is 3.44. The van der Waals surface area contributed by atoms with Crippen LogP contribution in [0.2, 0.25) is 0 Å². The number of aromatic nitrogens is 4. The average Bonchev–Trinajstić information content (AvgIpc) is 2.65. The molecule has 1 unspecified atom stereocenters. The van der Waals surface area contributed by atoms with E-state index < -0.39 is 6.10 Å². The highest BCUT2D eigenvalue weighted by molar-refractivity contribution is 5.13. The third-order valence-electron chi connectivity index (χ3n) is 2.06. The summed E-state index contributed by atoms with van der Waals surface area (Å²) in [5, 5.41) is 14.0. The minimum atomic E-state index is -0.855. The van der Waals surface area contributed by atoms with Gasteiger partial charge in [0.1, 0.15) is 0 Å². The van der Waals surface area contributed by atoms with Gasteiger partial charge in [-0.05, 0) is 18.6 Å². The minimum Gasteiger partial charge on any atom is -0.379 e. The first kappa shape index (κ1) is 9.79. The first-order valence-electron chi connectivity index (χ1n) is 4.63. The molecule has 2 rings (SSSR count). The van der Waals surface area contributed by atoms with Crippen LogP contribution in [0.3, 0.4) is 0 Å². The van der Waals surface area contributed by atoms with Gasteiger partial charge in [0.05, 0.1) is 5.69 Å². The van der Waals surface area contributed by atoms with Gasteiger partial charge in [0.2, 0.25) is 0 Å². The molecule has 0 aliphatic rings. The van der Waals surface area contributed by atoms with Crippen molar-refractivity contribution in [3.05, 3.63) is 41.7 Å². The summed E-state index contributed by atoms with van der Waals surface area (Å²) in [7, 11) is 1.80. The summed E-state index contributed by atoms with van der Waals surface area (Å²) in [6.45, 7) is 1.90. The Morgan fingerprint density at radius 1 is 1.33 bits per heavy atom. The highest BCUT2D eigenvalue weighted by Gasteiger charge is 2.15. The molecule has 0 aromatic carbocycles. The maximum atomic E-state index is 9.90. The van der Waals surface area contributed by atoms with Crippen molar-refractivity contribution in [2.24, 2.45) is 7.05 Å². The smallest absolute Gasteiger partial charge is 0.163 e. The second-order valence-corrected chi connectivity index (χ2v) is 3.44. The van der Waals surface area contributed by atoms with Gasteiger partial charge < -0.3 is 5.11 Å². The molecule has 1 N–H and O–H groups in total. The zero-order valence-corrected chi connectivity index (χ0v) is 8.62. The summed E-state index contributed by atoms with van der Waals surface area (Å²) in [4.78, 5) is 8.11. The fourth-order valence-corrected chi connectivity index (χ4v) is 1.25. The molecule has 5 nitrogen and oxygen atoms in total. The molecule has 0 fully saturated rings. The molecule has 0 aliphatic carbocycles. The summed E-state index contributed by atoms with van der Waals surface area (Å²) >= 11 is 0. The van der Waals surface area contributed by atoms with Crippen LogP contribution < -0.4 is 0 Å². The Morgan fingerprint density at radius 2 is 2.00 bits per heavy atom. The first-order chi connectivity index (χ1) is 7.16. The molecule has 0 spiro atoms. The van der Waals surface area contributed by atoms with Gasteiger partial charge in [0.25, 0.3) is 0 Å². The molecule has 15 heavy (non-hydrogen) atoms.